The number of Topliss-reactive ketones (excluding diaryl/α,β-unsaturated/α-hetero) is 1. The second-order valence-electron chi connectivity index (χ2n) is 8.08. The van der Waals surface area contributed by atoms with E-state index in [2.05, 4.69) is 0 Å². The number of carbonyl (C=O) groups is 2. The number of carbonyl (C=O) groups excluding carboxylic acids is 2. The molecule has 3 aromatic carbocycles. The number of benzene rings is 3. The lowest BCUT2D eigenvalue weighted by molar-refractivity contribution is -0.384. The van der Waals surface area contributed by atoms with E-state index in [0.717, 1.165) is 5.56 Å². The van der Waals surface area contributed by atoms with Gasteiger partial charge in [0.2, 0.25) is 0 Å². The molecular formula is C27H24N2O7. The van der Waals surface area contributed by atoms with Crippen LogP contribution < -0.4 is 9.47 Å². The van der Waals surface area contributed by atoms with Gasteiger partial charge in [0.05, 0.1) is 30.3 Å². The van der Waals surface area contributed by atoms with Crippen molar-refractivity contribution in [1.29, 1.82) is 0 Å². The summed E-state index contributed by atoms with van der Waals surface area (Å²) in [6.45, 7) is 2.38. The molecule has 1 atom stereocenters. The number of nitro benzene ring substituents is 1. The van der Waals surface area contributed by atoms with Gasteiger partial charge in [0.1, 0.15) is 17.3 Å². The summed E-state index contributed by atoms with van der Waals surface area (Å²) < 4.78 is 10.8. The smallest absolute Gasteiger partial charge is 0.295 e. The zero-order valence-corrected chi connectivity index (χ0v) is 19.7. The Morgan fingerprint density at radius 1 is 1.03 bits per heavy atom. The van der Waals surface area contributed by atoms with E-state index in [4.69, 9.17) is 9.47 Å². The summed E-state index contributed by atoms with van der Waals surface area (Å²) in [6.07, 6.45) is 0. The van der Waals surface area contributed by atoms with Gasteiger partial charge in [0, 0.05) is 24.2 Å². The highest BCUT2D eigenvalue weighted by Crippen LogP contribution is 2.41. The molecule has 0 radical (unpaired) electrons. The maximum Gasteiger partial charge on any atom is 0.295 e. The molecule has 0 saturated carbocycles. The average Bonchev–Trinajstić information content (AvgIpc) is 3.14. The van der Waals surface area contributed by atoms with Gasteiger partial charge in [0.25, 0.3) is 17.4 Å². The summed E-state index contributed by atoms with van der Waals surface area (Å²) in [5, 5.41) is 22.2. The Morgan fingerprint density at radius 2 is 1.72 bits per heavy atom. The summed E-state index contributed by atoms with van der Waals surface area (Å²) in [6, 6.07) is 18.3. The van der Waals surface area contributed by atoms with Crippen LogP contribution in [0.1, 0.15) is 29.7 Å². The Balaban J connectivity index is 1.83. The van der Waals surface area contributed by atoms with Gasteiger partial charge in [0.15, 0.2) is 0 Å². The van der Waals surface area contributed by atoms with Crippen LogP contribution in [0.3, 0.4) is 0 Å². The lowest BCUT2D eigenvalue weighted by atomic mass is 9.95. The molecule has 0 aromatic heterocycles. The second kappa shape index (κ2) is 10.3. The number of hydrogen-bond acceptors (Lipinski definition) is 7. The molecule has 1 fully saturated rings. The highest BCUT2D eigenvalue weighted by Gasteiger charge is 2.46. The fourth-order valence-corrected chi connectivity index (χ4v) is 4.15. The lowest BCUT2D eigenvalue weighted by Gasteiger charge is -2.26. The molecule has 36 heavy (non-hydrogen) atoms. The van der Waals surface area contributed by atoms with Crippen LogP contribution in [0.15, 0.2) is 78.4 Å². The number of non-ortho nitro benzene ring substituents is 1. The second-order valence-corrected chi connectivity index (χ2v) is 8.08. The van der Waals surface area contributed by atoms with Gasteiger partial charge < -0.3 is 19.5 Å². The molecule has 1 aliphatic rings. The highest BCUT2D eigenvalue weighted by molar-refractivity contribution is 6.46. The summed E-state index contributed by atoms with van der Waals surface area (Å²) >= 11 is 0. The monoisotopic (exact) mass is 488 g/mol. The third-order valence-electron chi connectivity index (χ3n) is 5.89. The van der Waals surface area contributed by atoms with E-state index in [1.54, 1.807) is 55.6 Å². The van der Waals surface area contributed by atoms with Crippen molar-refractivity contribution in [3.8, 4) is 11.5 Å². The molecule has 1 aliphatic heterocycles. The fourth-order valence-electron chi connectivity index (χ4n) is 4.15. The molecule has 0 bridgehead atoms. The van der Waals surface area contributed by atoms with Crippen LogP contribution in [-0.4, -0.2) is 40.3 Å². The van der Waals surface area contributed by atoms with Crippen molar-refractivity contribution in [3.05, 3.63) is 105 Å². The fraction of sp³-hybridized carbons (Fsp3) is 0.185. The van der Waals surface area contributed by atoms with Gasteiger partial charge in [-0.05, 0) is 54.4 Å². The first-order chi connectivity index (χ1) is 17.3. The molecule has 1 saturated heterocycles. The van der Waals surface area contributed by atoms with Crippen molar-refractivity contribution >= 4 is 23.1 Å². The van der Waals surface area contributed by atoms with E-state index >= 15 is 0 Å². The Bertz CT molecular complexity index is 1330. The summed E-state index contributed by atoms with van der Waals surface area (Å²) in [5.74, 6) is -0.806. The lowest BCUT2D eigenvalue weighted by Crippen LogP contribution is -2.29. The number of rotatable bonds is 8. The van der Waals surface area contributed by atoms with E-state index in [0.29, 0.717) is 23.7 Å². The van der Waals surface area contributed by atoms with E-state index in [-0.39, 0.29) is 23.4 Å². The number of ketones is 1. The first kappa shape index (κ1) is 24.5. The standard InChI is InChI=1S/C27H24N2O7/c1-3-36-22-6-4-5-19(15-22)24-23(25(30)18-9-11-20(12-10-18)29(33)34)26(31)27(32)28(24)16-17-7-13-21(35-2)14-8-17/h4-15,24,30H,3,16H2,1-2H3/b25-23+. The normalized spacial score (nSPS) is 16.7. The molecule has 184 valence electrons. The van der Waals surface area contributed by atoms with Gasteiger partial charge in [-0.3, -0.25) is 19.7 Å². The topological polar surface area (TPSA) is 119 Å². The number of nitrogens with zero attached hydrogens (tertiary/aromatic N) is 2. The van der Waals surface area contributed by atoms with Crippen LogP contribution in [0.5, 0.6) is 11.5 Å². The molecule has 9 nitrogen and oxygen atoms in total. The van der Waals surface area contributed by atoms with Gasteiger partial charge in [-0.2, -0.15) is 0 Å². The zero-order valence-electron chi connectivity index (χ0n) is 19.7. The van der Waals surface area contributed by atoms with Crippen LogP contribution in [0.25, 0.3) is 5.76 Å². The molecule has 9 heteroatoms. The number of aliphatic hydroxyl groups is 1. The molecule has 1 unspecified atom stereocenters. The van der Waals surface area contributed by atoms with Gasteiger partial charge in [-0.1, -0.05) is 24.3 Å². The van der Waals surface area contributed by atoms with Crippen LogP contribution in [0, 0.1) is 10.1 Å². The molecule has 1 amide bonds. The predicted octanol–water partition coefficient (Wildman–Crippen LogP) is 4.62. The van der Waals surface area contributed by atoms with Crippen LogP contribution in [0.2, 0.25) is 0 Å². The van der Waals surface area contributed by atoms with Crippen molar-refractivity contribution in [1.82, 2.24) is 4.90 Å². The third kappa shape index (κ3) is 4.76. The molecule has 1 N–H and O–H groups in total. The maximum atomic E-state index is 13.2. The Labute approximate surface area is 207 Å². The number of ether oxygens (including phenoxy) is 2. The van der Waals surface area contributed by atoms with Crippen molar-refractivity contribution in [2.24, 2.45) is 0 Å². The maximum absolute atomic E-state index is 13.2. The minimum atomic E-state index is -0.900. The van der Waals surface area contributed by atoms with Gasteiger partial charge in [-0.25, -0.2) is 0 Å². The number of hydrogen-bond donors (Lipinski definition) is 1. The van der Waals surface area contributed by atoms with Crippen molar-refractivity contribution in [2.75, 3.05) is 13.7 Å². The SMILES string of the molecule is CCOc1cccc(C2/C(=C(\O)c3ccc([N+](=O)[O-])cc3)C(=O)C(=O)N2Cc2ccc(OC)cc2)c1. The van der Waals surface area contributed by atoms with Gasteiger partial charge >= 0.3 is 0 Å². The van der Waals surface area contributed by atoms with Crippen LogP contribution in [-0.2, 0) is 16.1 Å². The largest absolute Gasteiger partial charge is 0.507 e. The number of likely N-dealkylation sites (tertiary alicyclic amines) is 1. The Morgan fingerprint density at radius 3 is 2.33 bits per heavy atom. The Hall–Kier alpha value is -4.66. The van der Waals surface area contributed by atoms with Crippen LogP contribution in [0.4, 0.5) is 5.69 Å². The van der Waals surface area contributed by atoms with E-state index in [9.17, 15) is 24.8 Å². The summed E-state index contributed by atoms with van der Waals surface area (Å²) in [4.78, 5) is 38.3. The Kier molecular flexibility index (Phi) is 7.00. The van der Waals surface area contributed by atoms with Crippen molar-refractivity contribution < 1.29 is 29.1 Å². The van der Waals surface area contributed by atoms with Gasteiger partial charge in [-0.15, -0.1) is 0 Å². The minimum absolute atomic E-state index is 0.101. The third-order valence-corrected chi connectivity index (χ3v) is 5.89. The van der Waals surface area contributed by atoms with E-state index in [1.165, 1.54) is 29.2 Å². The molecule has 4 rings (SSSR count). The number of aliphatic hydroxyl groups excluding tert-OH is 1. The number of nitro groups is 1. The first-order valence-corrected chi connectivity index (χ1v) is 11.2. The quantitative estimate of drug-likeness (QED) is 0.161. The number of methoxy groups -OCH3 is 1. The molecule has 0 spiro atoms. The summed E-state index contributed by atoms with van der Waals surface area (Å²) in [5.41, 5.74) is 1.27. The minimum Gasteiger partial charge on any atom is -0.507 e. The predicted molar refractivity (Wildman–Crippen MR) is 132 cm³/mol. The summed E-state index contributed by atoms with van der Waals surface area (Å²) in [7, 11) is 1.55. The zero-order chi connectivity index (χ0) is 25.8. The molecule has 3 aromatic rings. The molecular weight excluding hydrogens is 464 g/mol. The van der Waals surface area contributed by atoms with Crippen LogP contribution >= 0.6 is 0 Å². The highest BCUT2D eigenvalue weighted by atomic mass is 16.6. The average molecular weight is 488 g/mol. The first-order valence-electron chi connectivity index (χ1n) is 11.2. The van der Waals surface area contributed by atoms with E-state index < -0.39 is 28.4 Å². The van der Waals surface area contributed by atoms with Crippen molar-refractivity contribution in [2.45, 2.75) is 19.5 Å². The molecule has 1 heterocycles. The van der Waals surface area contributed by atoms with E-state index in [1.807, 2.05) is 6.92 Å². The number of amides is 1. The van der Waals surface area contributed by atoms with Crippen molar-refractivity contribution in [3.63, 3.8) is 0 Å². The molecule has 0 aliphatic carbocycles.